The smallest absolute Gasteiger partial charge is 0.155 e. The molecule has 0 N–H and O–H groups in total. The van der Waals surface area contributed by atoms with Crippen molar-refractivity contribution < 1.29 is 16.8 Å². The number of alkyl halides is 1. The van der Waals surface area contributed by atoms with Gasteiger partial charge in [-0.05, 0) is 45.4 Å². The number of rotatable bonds is 5. The summed E-state index contributed by atoms with van der Waals surface area (Å²) in [5, 5.41) is 0.660. The van der Waals surface area contributed by atoms with Gasteiger partial charge in [-0.1, -0.05) is 15.9 Å². The third-order valence-corrected chi connectivity index (χ3v) is 9.09. The molecule has 19 heavy (non-hydrogen) atoms. The van der Waals surface area contributed by atoms with Crippen LogP contribution >= 0.6 is 15.9 Å². The van der Waals surface area contributed by atoms with Crippen LogP contribution in [0.25, 0.3) is 0 Å². The maximum atomic E-state index is 12.1. The maximum Gasteiger partial charge on any atom is 0.155 e. The highest BCUT2D eigenvalue weighted by Gasteiger charge is 2.35. The molecule has 1 saturated heterocycles. The van der Waals surface area contributed by atoms with E-state index < -0.39 is 24.4 Å². The van der Waals surface area contributed by atoms with Gasteiger partial charge in [-0.15, -0.1) is 0 Å². The number of hydrogen-bond donors (Lipinski definition) is 0. The molecule has 0 spiro atoms. The molecule has 7 heteroatoms. The van der Waals surface area contributed by atoms with E-state index >= 15 is 0 Å². The molecule has 0 bridgehead atoms. The summed E-state index contributed by atoms with van der Waals surface area (Å²) >= 11 is 3.39. The van der Waals surface area contributed by atoms with E-state index in [0.717, 1.165) is 0 Å². The molecule has 1 fully saturated rings. The molecule has 114 valence electrons. The standard InChI is InChI=1S/C12H23BrO4S2/c1-12(2,3)19(16,17)7-5-10(8-13)11-4-6-18(14,15)9-11/h10-11H,4-9H2,1-3H3. The van der Waals surface area contributed by atoms with E-state index in [0.29, 0.717) is 18.2 Å². The Balaban J connectivity index is 2.65. The first-order chi connectivity index (χ1) is 8.48. The first kappa shape index (κ1) is 17.4. The fraction of sp³-hybridized carbons (Fsp3) is 1.00. The van der Waals surface area contributed by atoms with E-state index in [1.807, 2.05) is 0 Å². The zero-order chi connectivity index (χ0) is 14.9. The van der Waals surface area contributed by atoms with Crippen molar-refractivity contribution in [2.45, 2.75) is 38.4 Å². The maximum absolute atomic E-state index is 12.1. The summed E-state index contributed by atoms with van der Waals surface area (Å²) in [4.78, 5) is 0. The van der Waals surface area contributed by atoms with Gasteiger partial charge in [-0.25, -0.2) is 16.8 Å². The number of halogens is 1. The first-order valence-electron chi connectivity index (χ1n) is 6.47. The van der Waals surface area contributed by atoms with E-state index in [-0.39, 0.29) is 29.1 Å². The van der Waals surface area contributed by atoms with Crippen LogP contribution in [0.15, 0.2) is 0 Å². The molecule has 1 aliphatic heterocycles. The molecule has 0 aromatic rings. The topological polar surface area (TPSA) is 68.3 Å². The van der Waals surface area contributed by atoms with Gasteiger partial charge in [0.2, 0.25) is 0 Å². The van der Waals surface area contributed by atoms with E-state index in [4.69, 9.17) is 0 Å². The van der Waals surface area contributed by atoms with Gasteiger partial charge in [0, 0.05) is 5.33 Å². The predicted molar refractivity (Wildman–Crippen MR) is 82.2 cm³/mol. The summed E-state index contributed by atoms with van der Waals surface area (Å²) in [6.07, 6.45) is 1.19. The van der Waals surface area contributed by atoms with Crippen LogP contribution in [-0.4, -0.2) is 44.2 Å². The Hall–Kier alpha value is 0.380. The van der Waals surface area contributed by atoms with Crippen LogP contribution in [0.2, 0.25) is 0 Å². The van der Waals surface area contributed by atoms with Crippen molar-refractivity contribution in [3.63, 3.8) is 0 Å². The van der Waals surface area contributed by atoms with Crippen molar-refractivity contribution in [3.05, 3.63) is 0 Å². The summed E-state index contributed by atoms with van der Waals surface area (Å²) in [5.74, 6) is 0.795. The van der Waals surface area contributed by atoms with Crippen molar-refractivity contribution >= 4 is 35.6 Å². The first-order valence-corrected chi connectivity index (χ1v) is 11.1. The SMILES string of the molecule is CC(C)(C)S(=O)(=O)CCC(CBr)C1CCS(=O)(=O)C1. The quantitative estimate of drug-likeness (QED) is 0.690. The Kier molecular flexibility index (Phi) is 5.52. The van der Waals surface area contributed by atoms with E-state index in [1.165, 1.54) is 0 Å². The molecule has 0 saturated carbocycles. The molecule has 1 heterocycles. The van der Waals surface area contributed by atoms with Crippen molar-refractivity contribution in [1.82, 2.24) is 0 Å². The molecule has 2 atom stereocenters. The highest BCUT2D eigenvalue weighted by atomic mass is 79.9. The Labute approximate surface area is 125 Å². The van der Waals surface area contributed by atoms with Gasteiger partial charge >= 0.3 is 0 Å². The third kappa shape index (κ3) is 4.70. The highest BCUT2D eigenvalue weighted by molar-refractivity contribution is 9.09. The lowest BCUT2D eigenvalue weighted by molar-refractivity contribution is 0.392. The Morgan fingerprint density at radius 1 is 1.32 bits per heavy atom. The minimum Gasteiger partial charge on any atom is -0.229 e. The molecule has 0 amide bonds. The third-order valence-electron chi connectivity index (χ3n) is 3.82. The van der Waals surface area contributed by atoms with Gasteiger partial charge in [0.1, 0.15) is 0 Å². The zero-order valence-corrected chi connectivity index (χ0v) is 14.9. The van der Waals surface area contributed by atoms with Gasteiger partial charge in [-0.2, -0.15) is 0 Å². The molecule has 1 aliphatic rings. The summed E-state index contributed by atoms with van der Waals surface area (Å²) in [5.41, 5.74) is 0. The Bertz CT molecular complexity index is 502. The lowest BCUT2D eigenvalue weighted by Crippen LogP contribution is -2.32. The molecular weight excluding hydrogens is 352 g/mol. The minimum atomic E-state index is -3.13. The second-order valence-electron chi connectivity index (χ2n) is 6.30. The summed E-state index contributed by atoms with van der Waals surface area (Å²) in [7, 11) is -6.03. The van der Waals surface area contributed by atoms with Crippen molar-refractivity contribution in [2.24, 2.45) is 11.8 Å². The monoisotopic (exact) mass is 374 g/mol. The fourth-order valence-electron chi connectivity index (χ4n) is 2.25. The van der Waals surface area contributed by atoms with E-state index in [1.54, 1.807) is 20.8 Å². The Morgan fingerprint density at radius 3 is 2.26 bits per heavy atom. The van der Waals surface area contributed by atoms with Crippen LogP contribution in [0, 0.1) is 11.8 Å². The largest absolute Gasteiger partial charge is 0.229 e. The average molecular weight is 375 g/mol. The van der Waals surface area contributed by atoms with Crippen LogP contribution in [0.4, 0.5) is 0 Å². The van der Waals surface area contributed by atoms with Crippen LogP contribution in [-0.2, 0) is 19.7 Å². The molecule has 1 rings (SSSR count). The molecule has 4 nitrogen and oxygen atoms in total. The average Bonchev–Trinajstić information content (AvgIpc) is 2.58. The highest BCUT2D eigenvalue weighted by Crippen LogP contribution is 2.30. The van der Waals surface area contributed by atoms with Gasteiger partial charge < -0.3 is 0 Å². The molecule has 0 aliphatic carbocycles. The number of sulfone groups is 2. The lowest BCUT2D eigenvalue weighted by atomic mass is 9.91. The summed E-state index contributed by atoms with van der Waals surface area (Å²) < 4.78 is 46.4. The predicted octanol–water partition coefficient (Wildman–Crippen LogP) is 2.04. The van der Waals surface area contributed by atoms with Gasteiger partial charge in [0.05, 0.1) is 22.0 Å². The van der Waals surface area contributed by atoms with E-state index in [9.17, 15) is 16.8 Å². The Morgan fingerprint density at radius 2 is 1.89 bits per heavy atom. The summed E-state index contributed by atoms with van der Waals surface area (Å²) in [6.45, 7) is 5.10. The molecule has 0 radical (unpaired) electrons. The van der Waals surface area contributed by atoms with Crippen LogP contribution in [0.3, 0.4) is 0 Å². The van der Waals surface area contributed by atoms with Crippen molar-refractivity contribution in [3.8, 4) is 0 Å². The van der Waals surface area contributed by atoms with Crippen molar-refractivity contribution in [2.75, 3.05) is 22.6 Å². The van der Waals surface area contributed by atoms with Crippen molar-refractivity contribution in [1.29, 1.82) is 0 Å². The van der Waals surface area contributed by atoms with Gasteiger partial charge in [0.15, 0.2) is 19.7 Å². The van der Waals surface area contributed by atoms with Crippen LogP contribution in [0.5, 0.6) is 0 Å². The molecule has 0 aromatic carbocycles. The van der Waals surface area contributed by atoms with Crippen LogP contribution in [0.1, 0.15) is 33.6 Å². The minimum absolute atomic E-state index is 0.0968. The molecule has 0 aromatic heterocycles. The van der Waals surface area contributed by atoms with Gasteiger partial charge in [-0.3, -0.25) is 0 Å². The number of hydrogen-bond acceptors (Lipinski definition) is 4. The second-order valence-corrected chi connectivity index (χ2v) is 12.0. The normalized spacial score (nSPS) is 25.4. The molecule has 2 unspecified atom stereocenters. The fourth-order valence-corrected chi connectivity index (χ4v) is 6.24. The summed E-state index contributed by atoms with van der Waals surface area (Å²) in [6, 6.07) is 0. The zero-order valence-electron chi connectivity index (χ0n) is 11.7. The van der Waals surface area contributed by atoms with Crippen LogP contribution < -0.4 is 0 Å². The van der Waals surface area contributed by atoms with E-state index in [2.05, 4.69) is 15.9 Å². The second kappa shape index (κ2) is 6.02. The van der Waals surface area contributed by atoms with Gasteiger partial charge in [0.25, 0.3) is 0 Å². The molecular formula is C12H23BrO4S2. The lowest BCUT2D eigenvalue weighted by Gasteiger charge is -2.24.